The number of nitrogens with one attached hydrogen (secondary N) is 1. The van der Waals surface area contributed by atoms with Crippen molar-refractivity contribution in [2.75, 3.05) is 20.1 Å². The first-order valence-corrected chi connectivity index (χ1v) is 5.25. The number of nitrogens with two attached hydrogens (primary N) is 1. The fourth-order valence-electron chi connectivity index (χ4n) is 1.88. The molecular formula is C12H17N3. The largest absolute Gasteiger partial charge is 0.361 e. The molecule has 0 aliphatic carbocycles. The van der Waals surface area contributed by atoms with Crippen molar-refractivity contribution >= 4 is 10.9 Å². The highest BCUT2D eigenvalue weighted by atomic mass is 15.1. The van der Waals surface area contributed by atoms with Crippen LogP contribution in [0.15, 0.2) is 30.5 Å². The zero-order chi connectivity index (χ0) is 10.7. The number of hydrogen-bond donors (Lipinski definition) is 2. The number of rotatable bonds is 4. The predicted octanol–water partition coefficient (Wildman–Crippen LogP) is 1.56. The first-order valence-electron chi connectivity index (χ1n) is 5.25. The molecule has 0 aliphatic heterocycles. The van der Waals surface area contributed by atoms with E-state index in [1.54, 1.807) is 0 Å². The average molecular weight is 203 g/mol. The van der Waals surface area contributed by atoms with Crippen LogP contribution in [0.4, 0.5) is 0 Å². The first kappa shape index (κ1) is 10.2. The van der Waals surface area contributed by atoms with Crippen molar-refractivity contribution in [1.82, 2.24) is 9.88 Å². The van der Waals surface area contributed by atoms with Gasteiger partial charge in [0.1, 0.15) is 0 Å². The number of nitrogens with zero attached hydrogens (tertiary/aromatic N) is 1. The topological polar surface area (TPSA) is 45.0 Å². The summed E-state index contributed by atoms with van der Waals surface area (Å²) in [6, 6.07) is 8.48. The van der Waals surface area contributed by atoms with E-state index < -0.39 is 0 Å². The van der Waals surface area contributed by atoms with Gasteiger partial charge in [0.2, 0.25) is 0 Å². The van der Waals surface area contributed by atoms with Gasteiger partial charge in [-0.2, -0.15) is 0 Å². The molecule has 0 spiro atoms. The number of aromatic nitrogens is 1. The summed E-state index contributed by atoms with van der Waals surface area (Å²) in [5, 5.41) is 1.31. The van der Waals surface area contributed by atoms with E-state index in [-0.39, 0.29) is 0 Å². The van der Waals surface area contributed by atoms with E-state index in [4.69, 9.17) is 5.73 Å². The van der Waals surface area contributed by atoms with Gasteiger partial charge in [0.15, 0.2) is 0 Å². The van der Waals surface area contributed by atoms with Gasteiger partial charge in [0.25, 0.3) is 0 Å². The van der Waals surface area contributed by atoms with Gasteiger partial charge >= 0.3 is 0 Å². The van der Waals surface area contributed by atoms with Crippen molar-refractivity contribution in [3.63, 3.8) is 0 Å². The fourth-order valence-corrected chi connectivity index (χ4v) is 1.88. The number of benzene rings is 1. The Kier molecular flexibility index (Phi) is 3.04. The summed E-state index contributed by atoms with van der Waals surface area (Å²) < 4.78 is 0. The highest BCUT2D eigenvalue weighted by molar-refractivity contribution is 5.82. The lowest BCUT2D eigenvalue weighted by Gasteiger charge is -2.15. The minimum Gasteiger partial charge on any atom is -0.361 e. The van der Waals surface area contributed by atoms with Gasteiger partial charge in [0, 0.05) is 36.7 Å². The minimum absolute atomic E-state index is 0.708. The summed E-state index contributed by atoms with van der Waals surface area (Å²) in [4.78, 5) is 5.46. The van der Waals surface area contributed by atoms with E-state index in [1.807, 2.05) is 6.20 Å². The first-order chi connectivity index (χ1) is 7.31. The minimum atomic E-state index is 0.708. The number of aromatic amines is 1. The molecule has 1 aromatic heterocycles. The maximum absolute atomic E-state index is 5.53. The van der Waals surface area contributed by atoms with Crippen LogP contribution in [0.1, 0.15) is 5.56 Å². The van der Waals surface area contributed by atoms with Gasteiger partial charge < -0.3 is 15.6 Å². The van der Waals surface area contributed by atoms with Gasteiger partial charge in [-0.3, -0.25) is 0 Å². The van der Waals surface area contributed by atoms with E-state index >= 15 is 0 Å². The van der Waals surface area contributed by atoms with Crippen molar-refractivity contribution in [1.29, 1.82) is 0 Å². The molecule has 2 aromatic rings. The van der Waals surface area contributed by atoms with Crippen molar-refractivity contribution in [2.45, 2.75) is 6.54 Å². The highest BCUT2D eigenvalue weighted by Gasteiger charge is 2.03. The van der Waals surface area contributed by atoms with Crippen molar-refractivity contribution in [2.24, 2.45) is 5.73 Å². The molecule has 0 unspecified atom stereocenters. The second kappa shape index (κ2) is 4.47. The molecule has 0 radical (unpaired) electrons. The molecule has 0 fully saturated rings. The fraction of sp³-hybridized carbons (Fsp3) is 0.333. The van der Waals surface area contributed by atoms with Crippen LogP contribution in [0.25, 0.3) is 10.9 Å². The third-order valence-electron chi connectivity index (χ3n) is 2.64. The second-order valence-electron chi connectivity index (χ2n) is 3.88. The molecular weight excluding hydrogens is 186 g/mol. The summed E-state index contributed by atoms with van der Waals surface area (Å²) in [5.41, 5.74) is 8.08. The van der Waals surface area contributed by atoms with Gasteiger partial charge in [-0.05, 0) is 24.7 Å². The van der Waals surface area contributed by atoms with Crippen LogP contribution in [0.5, 0.6) is 0 Å². The number of likely N-dealkylation sites (N-methyl/N-ethyl adjacent to an activating group) is 1. The van der Waals surface area contributed by atoms with E-state index in [2.05, 4.69) is 41.2 Å². The molecule has 2 rings (SSSR count). The molecule has 1 aromatic carbocycles. The highest BCUT2D eigenvalue weighted by Crippen LogP contribution is 2.18. The summed E-state index contributed by atoms with van der Waals surface area (Å²) in [6.45, 7) is 2.59. The lowest BCUT2D eigenvalue weighted by Crippen LogP contribution is -2.24. The molecule has 3 heteroatoms. The predicted molar refractivity (Wildman–Crippen MR) is 63.7 cm³/mol. The molecule has 0 saturated carbocycles. The number of fused-ring (bicyclic) bond motifs is 1. The lowest BCUT2D eigenvalue weighted by atomic mass is 10.1. The summed E-state index contributed by atoms with van der Waals surface area (Å²) >= 11 is 0. The van der Waals surface area contributed by atoms with Crippen molar-refractivity contribution in [3.05, 3.63) is 36.0 Å². The standard InChI is InChI=1S/C12H17N3/c1-15(8-6-13)9-10-3-2-4-12-11(10)5-7-14-12/h2-5,7,14H,6,8-9,13H2,1H3. The second-order valence-corrected chi connectivity index (χ2v) is 3.88. The van der Waals surface area contributed by atoms with Crippen LogP contribution in [0, 0.1) is 0 Å². The van der Waals surface area contributed by atoms with E-state index in [9.17, 15) is 0 Å². The van der Waals surface area contributed by atoms with Gasteiger partial charge in [-0.15, -0.1) is 0 Å². The third kappa shape index (κ3) is 2.19. The molecule has 3 nitrogen and oxygen atoms in total. The average Bonchev–Trinajstić information content (AvgIpc) is 2.67. The summed E-state index contributed by atoms with van der Waals surface area (Å²) in [6.07, 6.45) is 1.98. The van der Waals surface area contributed by atoms with Crippen LogP contribution >= 0.6 is 0 Å². The Morgan fingerprint density at radius 1 is 1.33 bits per heavy atom. The Hall–Kier alpha value is -1.32. The van der Waals surface area contributed by atoms with Gasteiger partial charge in [-0.25, -0.2) is 0 Å². The van der Waals surface area contributed by atoms with Gasteiger partial charge in [-0.1, -0.05) is 12.1 Å². The quantitative estimate of drug-likeness (QED) is 0.792. The molecule has 0 atom stereocenters. The lowest BCUT2D eigenvalue weighted by molar-refractivity contribution is 0.337. The summed E-state index contributed by atoms with van der Waals surface area (Å²) in [5.74, 6) is 0. The van der Waals surface area contributed by atoms with E-state index in [1.165, 1.54) is 16.5 Å². The van der Waals surface area contributed by atoms with Crippen LogP contribution in [0.3, 0.4) is 0 Å². The molecule has 0 bridgehead atoms. The molecule has 80 valence electrons. The Labute approximate surface area is 89.9 Å². The van der Waals surface area contributed by atoms with Crippen LogP contribution in [0.2, 0.25) is 0 Å². The molecule has 0 amide bonds. The number of hydrogen-bond acceptors (Lipinski definition) is 2. The zero-order valence-corrected chi connectivity index (χ0v) is 9.03. The van der Waals surface area contributed by atoms with Crippen LogP contribution in [-0.2, 0) is 6.54 Å². The Balaban J connectivity index is 2.23. The van der Waals surface area contributed by atoms with E-state index in [0.29, 0.717) is 6.54 Å². The monoisotopic (exact) mass is 203 g/mol. The maximum Gasteiger partial charge on any atom is 0.0457 e. The Morgan fingerprint density at radius 3 is 3.00 bits per heavy atom. The molecule has 0 aliphatic rings. The van der Waals surface area contributed by atoms with E-state index in [0.717, 1.165) is 13.1 Å². The van der Waals surface area contributed by atoms with Crippen molar-refractivity contribution in [3.8, 4) is 0 Å². The van der Waals surface area contributed by atoms with Crippen molar-refractivity contribution < 1.29 is 0 Å². The normalized spacial score (nSPS) is 11.4. The molecule has 0 saturated heterocycles. The zero-order valence-electron chi connectivity index (χ0n) is 9.03. The van der Waals surface area contributed by atoms with Crippen LogP contribution < -0.4 is 5.73 Å². The smallest absolute Gasteiger partial charge is 0.0457 e. The molecule has 15 heavy (non-hydrogen) atoms. The maximum atomic E-state index is 5.53. The molecule has 3 N–H and O–H groups in total. The third-order valence-corrected chi connectivity index (χ3v) is 2.64. The number of H-pyrrole nitrogens is 1. The molecule has 1 heterocycles. The SMILES string of the molecule is CN(CCN)Cc1cccc2[nH]ccc12. The Morgan fingerprint density at radius 2 is 2.20 bits per heavy atom. The Bertz CT molecular complexity index is 433. The van der Waals surface area contributed by atoms with Crippen LogP contribution in [-0.4, -0.2) is 30.0 Å². The van der Waals surface area contributed by atoms with Gasteiger partial charge in [0.05, 0.1) is 0 Å². The summed E-state index contributed by atoms with van der Waals surface area (Å²) in [7, 11) is 2.10.